The van der Waals surface area contributed by atoms with E-state index in [1.54, 1.807) is 11.8 Å². The lowest BCUT2D eigenvalue weighted by Gasteiger charge is -2.33. The Morgan fingerprint density at radius 1 is 0.482 bits per heavy atom. The molecule has 0 heterocycles. The standard InChI is InChI=1S/C59H98N12O11S/c1-9-10-33-69(5)35-17-29-64-45-46(54(77)53(45)76)65-31-19-37-71(7)36-18-30-63-44-43(51(74)52(44)75)61-27-16-28-66-57(80)42(23-39-83-8)68-48-47(55(78)56(48)79)62-26-15-25-60-24-13-11-21-40-41(50(73)49(40)72)22-12-14-34-70(6)38-20-32-67-58(81)82-59(2,3)4/h40-42,60-65,68H,9-39H2,1-8H3,(H,66,80)(H,67,81). The smallest absolute Gasteiger partial charge is 0.407 e. The fraction of sp³-hybridized carbons (Fsp3) is 0.729. The number of rotatable bonds is 48. The van der Waals surface area contributed by atoms with Crippen molar-refractivity contribution < 1.29 is 23.9 Å². The lowest BCUT2D eigenvalue weighted by molar-refractivity contribution is -0.153. The minimum atomic E-state index is -0.768. The first-order valence-electron chi connectivity index (χ1n) is 30.2. The molecule has 1 aliphatic rings. The summed E-state index contributed by atoms with van der Waals surface area (Å²) < 4.78 is 5.26. The number of ether oxygens (including phenoxy) is 1. The van der Waals surface area contributed by atoms with E-state index in [2.05, 4.69) is 76.5 Å². The fourth-order valence-corrected chi connectivity index (χ4v) is 10.5. The summed E-state index contributed by atoms with van der Waals surface area (Å²) in [5, 5.41) is 27.5. The highest BCUT2D eigenvalue weighted by Crippen LogP contribution is 2.35. The zero-order valence-corrected chi connectivity index (χ0v) is 51.7. The molecule has 83 heavy (non-hydrogen) atoms. The van der Waals surface area contributed by atoms with E-state index < -0.39 is 50.3 Å². The molecular formula is C59H98N12O11S. The fourth-order valence-electron chi connectivity index (χ4n) is 9.99. The molecule has 1 fully saturated rings. The van der Waals surface area contributed by atoms with Crippen molar-refractivity contribution in [1.29, 1.82) is 0 Å². The molecule has 0 saturated heterocycles. The largest absolute Gasteiger partial charge is 0.444 e. The molecule has 24 heteroatoms. The van der Waals surface area contributed by atoms with Gasteiger partial charge in [0.15, 0.2) is 0 Å². The van der Waals surface area contributed by atoms with Gasteiger partial charge >= 0.3 is 6.09 Å². The molecule has 3 aromatic rings. The first-order chi connectivity index (χ1) is 39.7. The van der Waals surface area contributed by atoms with Crippen molar-refractivity contribution in [2.45, 2.75) is 136 Å². The van der Waals surface area contributed by atoms with Gasteiger partial charge in [0.2, 0.25) is 17.5 Å². The van der Waals surface area contributed by atoms with Crippen LogP contribution in [0.2, 0.25) is 0 Å². The van der Waals surface area contributed by atoms with Gasteiger partial charge in [0.1, 0.15) is 45.8 Å². The molecule has 3 aromatic carbocycles. The number of amides is 2. The molecule has 2 amide bonds. The molecule has 0 spiro atoms. The van der Waals surface area contributed by atoms with Gasteiger partial charge in [-0.05, 0) is 183 Å². The summed E-state index contributed by atoms with van der Waals surface area (Å²) in [6, 6.07) is -0.768. The second-order valence-corrected chi connectivity index (χ2v) is 24.1. The van der Waals surface area contributed by atoms with Gasteiger partial charge in [-0.15, -0.1) is 0 Å². The summed E-state index contributed by atoms with van der Waals surface area (Å²) in [6.45, 7) is 17.3. The number of unbranched alkanes of at least 4 members (excludes halogenated alkanes) is 3. The summed E-state index contributed by atoms with van der Waals surface area (Å²) in [4.78, 5) is 131. The highest BCUT2D eigenvalue weighted by Gasteiger charge is 2.47. The molecule has 1 aliphatic carbocycles. The summed E-state index contributed by atoms with van der Waals surface area (Å²) in [7, 11) is 6.10. The van der Waals surface area contributed by atoms with E-state index in [-0.39, 0.29) is 58.6 Å². The van der Waals surface area contributed by atoms with Gasteiger partial charge in [0.25, 0.3) is 32.6 Å². The quantitative estimate of drug-likeness (QED) is 0.0289. The zero-order valence-electron chi connectivity index (χ0n) is 50.9. The van der Waals surface area contributed by atoms with Gasteiger partial charge in [0.05, 0.1) is 0 Å². The molecule has 3 atom stereocenters. The molecule has 0 aliphatic heterocycles. The van der Waals surface area contributed by atoms with E-state index in [0.29, 0.717) is 95.0 Å². The molecule has 4 rings (SSSR count). The van der Waals surface area contributed by atoms with E-state index in [9.17, 15) is 47.9 Å². The van der Waals surface area contributed by atoms with Gasteiger partial charge in [-0.3, -0.25) is 43.2 Å². The molecular weight excluding hydrogens is 1080 g/mol. The van der Waals surface area contributed by atoms with Gasteiger partial charge in [-0.1, -0.05) is 26.2 Å². The van der Waals surface area contributed by atoms with Crippen molar-refractivity contribution in [3.8, 4) is 0 Å². The third-order valence-corrected chi connectivity index (χ3v) is 15.6. The van der Waals surface area contributed by atoms with Crippen LogP contribution in [0.1, 0.15) is 124 Å². The number of thioether (sulfide) groups is 1. The molecule has 0 aromatic heterocycles. The van der Waals surface area contributed by atoms with Crippen molar-refractivity contribution in [3.05, 3.63) is 61.3 Å². The van der Waals surface area contributed by atoms with E-state index in [4.69, 9.17) is 4.74 Å². The van der Waals surface area contributed by atoms with E-state index in [1.807, 2.05) is 41.1 Å². The second kappa shape index (κ2) is 36.9. The number of alkyl carbamates (subject to hydrolysis) is 1. The maximum atomic E-state index is 13.4. The Balaban J connectivity index is 1.04. The topological polar surface area (TPSA) is 298 Å². The molecule has 0 radical (unpaired) electrons. The number of ketones is 2. The third kappa shape index (κ3) is 23.4. The molecule has 3 unspecified atom stereocenters. The van der Waals surface area contributed by atoms with Crippen LogP contribution < -0.4 is 80.4 Å². The number of nitrogens with zero attached hydrogens (tertiary/aromatic N) is 3. The Bertz CT molecular complexity index is 2710. The number of hydrogen-bond donors (Lipinski definition) is 9. The molecule has 466 valence electrons. The minimum Gasteiger partial charge on any atom is -0.444 e. The molecule has 0 bridgehead atoms. The summed E-state index contributed by atoms with van der Waals surface area (Å²) in [6.07, 6.45) is 13.3. The zero-order chi connectivity index (χ0) is 60.9. The van der Waals surface area contributed by atoms with Crippen LogP contribution in [0.25, 0.3) is 0 Å². The second-order valence-electron chi connectivity index (χ2n) is 23.1. The van der Waals surface area contributed by atoms with Gasteiger partial charge in [0, 0.05) is 57.6 Å². The average Bonchev–Trinajstić information content (AvgIpc) is 3.60. The van der Waals surface area contributed by atoms with E-state index in [1.165, 1.54) is 0 Å². The van der Waals surface area contributed by atoms with Crippen molar-refractivity contribution in [3.63, 3.8) is 0 Å². The monoisotopic (exact) mass is 1180 g/mol. The number of nitrogens with one attached hydrogen (secondary N) is 9. The summed E-state index contributed by atoms with van der Waals surface area (Å²) >= 11 is 1.55. The van der Waals surface area contributed by atoms with Crippen LogP contribution in [0, 0.1) is 11.8 Å². The van der Waals surface area contributed by atoms with E-state index in [0.717, 1.165) is 110 Å². The lowest BCUT2D eigenvalue weighted by Crippen LogP contribution is -2.48. The van der Waals surface area contributed by atoms with Gasteiger partial charge < -0.3 is 67.3 Å². The Labute approximate surface area is 494 Å². The number of anilines is 6. The lowest BCUT2D eigenvalue weighted by atomic mass is 9.67. The Hall–Kier alpha value is -5.69. The van der Waals surface area contributed by atoms with Gasteiger partial charge in [-0.2, -0.15) is 11.8 Å². The van der Waals surface area contributed by atoms with Crippen molar-refractivity contribution >= 4 is 69.5 Å². The Kier molecular flexibility index (Phi) is 31.0. The van der Waals surface area contributed by atoms with Crippen molar-refractivity contribution in [2.75, 3.05) is 163 Å². The highest BCUT2D eigenvalue weighted by molar-refractivity contribution is 7.98. The highest BCUT2D eigenvalue weighted by atomic mass is 32.2. The Morgan fingerprint density at radius 3 is 1.31 bits per heavy atom. The number of Topliss-reactive ketones (excluding diaryl/α,β-unsaturated/α-hetero) is 2. The van der Waals surface area contributed by atoms with Crippen LogP contribution >= 0.6 is 11.8 Å². The maximum Gasteiger partial charge on any atom is 0.407 e. The van der Waals surface area contributed by atoms with Crippen molar-refractivity contribution in [1.82, 2.24) is 30.7 Å². The predicted molar refractivity (Wildman–Crippen MR) is 337 cm³/mol. The summed E-state index contributed by atoms with van der Waals surface area (Å²) in [5.41, 5.74) is -2.54. The molecule has 9 N–H and O–H groups in total. The predicted octanol–water partition coefficient (Wildman–Crippen LogP) is 3.36. The normalized spacial score (nSPS) is 14.9. The first kappa shape index (κ1) is 69.8. The van der Waals surface area contributed by atoms with Crippen molar-refractivity contribution in [2.24, 2.45) is 11.8 Å². The van der Waals surface area contributed by atoms with Crippen LogP contribution in [0.3, 0.4) is 0 Å². The van der Waals surface area contributed by atoms with Crippen LogP contribution in [-0.2, 0) is 19.1 Å². The third-order valence-electron chi connectivity index (χ3n) is 14.9. The SMILES string of the molecule is CCCCN(C)CCCNc1c(NCCCN(C)CCCNc2c(NCCCNC(=O)C(CCSC)Nc3c(NCCCNCCCCC4C(=O)C(=O)C4CCCCN(C)CCCNC(=O)OC(C)(C)C)c(=O)c3=O)c(=O)c2=O)c(=O)c1=O. The van der Waals surface area contributed by atoms with Gasteiger partial charge in [-0.25, -0.2) is 4.79 Å². The van der Waals surface area contributed by atoms with Crippen LogP contribution in [-0.4, -0.2) is 181 Å². The average molecular weight is 1180 g/mol. The van der Waals surface area contributed by atoms with Crippen LogP contribution in [0.15, 0.2) is 28.8 Å². The van der Waals surface area contributed by atoms with E-state index >= 15 is 0 Å². The Morgan fingerprint density at radius 2 is 0.855 bits per heavy atom. The molecule has 23 nitrogen and oxygen atoms in total. The number of hydrogen-bond acceptors (Lipinski definition) is 22. The summed E-state index contributed by atoms with van der Waals surface area (Å²) in [5.74, 6) is -0.576. The van der Waals surface area contributed by atoms with Crippen LogP contribution in [0.5, 0.6) is 0 Å². The number of carbonyl (C=O) groups excluding carboxylic acids is 4. The minimum absolute atomic E-state index is 0.0936. The maximum absolute atomic E-state index is 13.4. The first-order valence-corrected chi connectivity index (χ1v) is 31.6. The van der Waals surface area contributed by atoms with Crippen LogP contribution in [0.4, 0.5) is 38.9 Å². The molecule has 1 saturated carbocycles. The number of carbonyl (C=O) groups is 4.